The lowest BCUT2D eigenvalue weighted by Crippen LogP contribution is -2.23. The van der Waals surface area contributed by atoms with Crippen LogP contribution in [0.4, 0.5) is 0 Å². The Labute approximate surface area is 151 Å². The normalized spacial score (nSPS) is 11.2. The standard InChI is InChI=1S/C16H14N6OS2/c23-15-13-5-1-2-6-14(13)18-20-22(15)11-25-16-19-17-10-21(16)8-7-12-4-3-9-24-12/h1-6,9-10H,7-8,11H2. The summed E-state index contributed by atoms with van der Waals surface area (Å²) in [6.45, 7) is 0.800. The molecule has 0 spiro atoms. The fourth-order valence-corrected chi connectivity index (χ4v) is 3.94. The number of aryl methyl sites for hydroxylation is 2. The van der Waals surface area contributed by atoms with E-state index in [1.165, 1.54) is 21.3 Å². The van der Waals surface area contributed by atoms with E-state index in [-0.39, 0.29) is 5.56 Å². The lowest BCUT2D eigenvalue weighted by molar-refractivity contribution is 0.623. The second-order valence-corrected chi connectivity index (χ2v) is 7.27. The lowest BCUT2D eigenvalue weighted by Gasteiger charge is -2.06. The smallest absolute Gasteiger partial charge is 0.278 e. The summed E-state index contributed by atoms with van der Waals surface area (Å²) in [4.78, 5) is 13.8. The first kappa shape index (κ1) is 16.0. The molecule has 0 fully saturated rings. The van der Waals surface area contributed by atoms with Crippen molar-refractivity contribution in [1.29, 1.82) is 0 Å². The Balaban J connectivity index is 1.48. The Morgan fingerprint density at radius 2 is 2.04 bits per heavy atom. The third kappa shape index (κ3) is 3.47. The molecule has 126 valence electrons. The largest absolute Gasteiger partial charge is 0.308 e. The van der Waals surface area contributed by atoms with Gasteiger partial charge in [-0.2, -0.15) is 4.68 Å². The van der Waals surface area contributed by atoms with Crippen molar-refractivity contribution in [3.63, 3.8) is 0 Å². The van der Waals surface area contributed by atoms with Crippen LogP contribution in [0.1, 0.15) is 4.88 Å². The van der Waals surface area contributed by atoms with Crippen LogP contribution in [-0.4, -0.2) is 29.8 Å². The van der Waals surface area contributed by atoms with Gasteiger partial charge in [-0.3, -0.25) is 4.79 Å². The van der Waals surface area contributed by atoms with Crippen LogP contribution in [0.15, 0.2) is 58.1 Å². The van der Waals surface area contributed by atoms with E-state index in [1.807, 2.05) is 22.8 Å². The van der Waals surface area contributed by atoms with Crippen molar-refractivity contribution < 1.29 is 0 Å². The topological polar surface area (TPSA) is 78.5 Å². The van der Waals surface area contributed by atoms with Gasteiger partial charge < -0.3 is 4.57 Å². The molecule has 25 heavy (non-hydrogen) atoms. The Hall–Kier alpha value is -2.52. The fourth-order valence-electron chi connectivity index (χ4n) is 2.42. The summed E-state index contributed by atoms with van der Waals surface area (Å²) in [5.41, 5.74) is 0.454. The molecule has 7 nitrogen and oxygen atoms in total. The minimum atomic E-state index is -0.150. The molecule has 0 unspecified atom stereocenters. The van der Waals surface area contributed by atoms with Gasteiger partial charge in [0.25, 0.3) is 5.56 Å². The zero-order chi connectivity index (χ0) is 17.1. The van der Waals surface area contributed by atoms with Gasteiger partial charge in [0.1, 0.15) is 11.8 Å². The van der Waals surface area contributed by atoms with Gasteiger partial charge in [0.05, 0.1) is 11.3 Å². The summed E-state index contributed by atoms with van der Waals surface area (Å²) < 4.78 is 3.34. The van der Waals surface area contributed by atoms with Crippen molar-refractivity contribution in [1.82, 2.24) is 29.8 Å². The molecule has 4 aromatic rings. The molecule has 0 N–H and O–H groups in total. The maximum Gasteiger partial charge on any atom is 0.278 e. The second-order valence-electron chi connectivity index (χ2n) is 5.32. The van der Waals surface area contributed by atoms with Gasteiger partial charge in [0.15, 0.2) is 5.16 Å². The number of fused-ring (bicyclic) bond motifs is 1. The van der Waals surface area contributed by atoms with Crippen LogP contribution in [0.2, 0.25) is 0 Å². The third-order valence-electron chi connectivity index (χ3n) is 3.70. The molecular formula is C16H14N6OS2. The van der Waals surface area contributed by atoms with Gasteiger partial charge in [-0.25, -0.2) is 0 Å². The molecule has 0 radical (unpaired) electrons. The lowest BCUT2D eigenvalue weighted by atomic mass is 10.2. The summed E-state index contributed by atoms with van der Waals surface area (Å²) in [6.07, 6.45) is 2.64. The predicted molar refractivity (Wildman–Crippen MR) is 97.7 cm³/mol. The average molecular weight is 370 g/mol. The van der Waals surface area contributed by atoms with Crippen molar-refractivity contribution >= 4 is 34.0 Å². The van der Waals surface area contributed by atoms with Gasteiger partial charge in [-0.1, -0.05) is 35.2 Å². The number of rotatable bonds is 6. The molecule has 0 aliphatic rings. The predicted octanol–water partition coefficient (Wildman–Crippen LogP) is 2.44. The summed E-state index contributed by atoms with van der Waals surface area (Å²) >= 11 is 3.16. The SMILES string of the molecule is O=c1c2ccccc2nnn1CSc1nncn1CCc1cccs1. The molecule has 0 amide bonds. The minimum Gasteiger partial charge on any atom is -0.308 e. The summed E-state index contributed by atoms with van der Waals surface area (Å²) in [5, 5.41) is 19.6. The molecular weight excluding hydrogens is 356 g/mol. The molecule has 3 aromatic heterocycles. The minimum absolute atomic E-state index is 0.150. The first-order valence-corrected chi connectivity index (χ1v) is 9.53. The van der Waals surface area contributed by atoms with E-state index in [2.05, 4.69) is 32.0 Å². The van der Waals surface area contributed by atoms with Crippen LogP contribution in [0, 0.1) is 0 Å². The molecule has 1 aromatic carbocycles. The number of thiophene rings is 1. The van der Waals surface area contributed by atoms with Crippen LogP contribution >= 0.6 is 23.1 Å². The Kier molecular flexibility index (Phi) is 4.57. The van der Waals surface area contributed by atoms with Gasteiger partial charge in [0.2, 0.25) is 0 Å². The Bertz CT molecular complexity index is 1040. The Morgan fingerprint density at radius 1 is 1.12 bits per heavy atom. The number of thioether (sulfide) groups is 1. The van der Waals surface area contributed by atoms with E-state index in [1.54, 1.807) is 29.8 Å². The highest BCUT2D eigenvalue weighted by Gasteiger charge is 2.09. The number of nitrogens with zero attached hydrogens (tertiary/aromatic N) is 6. The quantitative estimate of drug-likeness (QED) is 0.485. The van der Waals surface area contributed by atoms with Crippen LogP contribution in [0.3, 0.4) is 0 Å². The zero-order valence-electron chi connectivity index (χ0n) is 13.1. The van der Waals surface area contributed by atoms with E-state index < -0.39 is 0 Å². The van der Waals surface area contributed by atoms with Crippen molar-refractivity contribution in [2.45, 2.75) is 24.0 Å². The number of benzene rings is 1. The number of hydrogen-bond donors (Lipinski definition) is 0. The van der Waals surface area contributed by atoms with Crippen LogP contribution < -0.4 is 5.56 Å². The van der Waals surface area contributed by atoms with E-state index in [0.717, 1.165) is 18.1 Å². The molecule has 0 saturated carbocycles. The molecule has 4 rings (SSSR count). The summed E-state index contributed by atoms with van der Waals surface area (Å²) in [5.74, 6) is 0.342. The van der Waals surface area contributed by atoms with Crippen LogP contribution in [0.5, 0.6) is 0 Å². The van der Waals surface area contributed by atoms with E-state index >= 15 is 0 Å². The highest BCUT2D eigenvalue weighted by molar-refractivity contribution is 7.98. The maximum absolute atomic E-state index is 12.5. The molecule has 0 atom stereocenters. The average Bonchev–Trinajstić information content (AvgIpc) is 3.31. The van der Waals surface area contributed by atoms with Crippen molar-refractivity contribution in [2.75, 3.05) is 0 Å². The Morgan fingerprint density at radius 3 is 2.92 bits per heavy atom. The molecule has 0 saturated heterocycles. The fraction of sp³-hybridized carbons (Fsp3) is 0.188. The molecule has 9 heteroatoms. The number of aromatic nitrogens is 6. The van der Waals surface area contributed by atoms with Crippen LogP contribution in [0.25, 0.3) is 10.9 Å². The molecule has 0 bridgehead atoms. The van der Waals surface area contributed by atoms with Gasteiger partial charge in [-0.05, 0) is 30.0 Å². The molecule has 3 heterocycles. The highest BCUT2D eigenvalue weighted by atomic mass is 32.2. The van der Waals surface area contributed by atoms with E-state index in [4.69, 9.17) is 0 Å². The van der Waals surface area contributed by atoms with E-state index in [0.29, 0.717) is 16.8 Å². The first-order chi connectivity index (χ1) is 12.3. The summed E-state index contributed by atoms with van der Waals surface area (Å²) in [7, 11) is 0. The van der Waals surface area contributed by atoms with Crippen molar-refractivity contribution in [3.05, 3.63) is 63.3 Å². The first-order valence-electron chi connectivity index (χ1n) is 7.67. The van der Waals surface area contributed by atoms with E-state index in [9.17, 15) is 4.79 Å². The number of hydrogen-bond acceptors (Lipinski definition) is 7. The van der Waals surface area contributed by atoms with Gasteiger partial charge in [-0.15, -0.1) is 26.6 Å². The van der Waals surface area contributed by atoms with Gasteiger partial charge in [0, 0.05) is 11.4 Å². The highest BCUT2D eigenvalue weighted by Crippen LogP contribution is 2.18. The maximum atomic E-state index is 12.5. The molecule has 0 aliphatic heterocycles. The second kappa shape index (κ2) is 7.16. The summed E-state index contributed by atoms with van der Waals surface area (Å²) in [6, 6.07) is 11.4. The van der Waals surface area contributed by atoms with Gasteiger partial charge >= 0.3 is 0 Å². The third-order valence-corrected chi connectivity index (χ3v) is 5.59. The van der Waals surface area contributed by atoms with Crippen LogP contribution in [-0.2, 0) is 18.8 Å². The zero-order valence-corrected chi connectivity index (χ0v) is 14.8. The van der Waals surface area contributed by atoms with Crippen molar-refractivity contribution in [3.8, 4) is 0 Å². The molecule has 0 aliphatic carbocycles. The monoisotopic (exact) mass is 370 g/mol. The van der Waals surface area contributed by atoms with Crippen molar-refractivity contribution in [2.24, 2.45) is 0 Å².